The van der Waals surface area contributed by atoms with Crippen LogP contribution in [0.3, 0.4) is 0 Å². The quantitative estimate of drug-likeness (QED) is 0.259. The van der Waals surface area contributed by atoms with E-state index in [2.05, 4.69) is 28.9 Å². The summed E-state index contributed by atoms with van der Waals surface area (Å²) in [7, 11) is 0. The van der Waals surface area contributed by atoms with Crippen LogP contribution in [0.4, 0.5) is 4.79 Å². The summed E-state index contributed by atoms with van der Waals surface area (Å²) in [6.45, 7) is 10.7. The van der Waals surface area contributed by atoms with Gasteiger partial charge in [0.15, 0.2) is 0 Å². The number of ether oxygens (including phenoxy) is 3. The predicted molar refractivity (Wildman–Crippen MR) is 87.8 cm³/mol. The third-order valence-electron chi connectivity index (χ3n) is 2.58. The van der Waals surface area contributed by atoms with Crippen LogP contribution in [-0.2, 0) is 19.0 Å². The van der Waals surface area contributed by atoms with Gasteiger partial charge in [0.05, 0.1) is 26.4 Å². The SMILES string of the molecule is C=CC(=O)NCCCOCCOCCOCCCNC(=O)N=C. The Balaban J connectivity index is 3.08. The van der Waals surface area contributed by atoms with Gasteiger partial charge in [-0.05, 0) is 25.6 Å². The number of carbonyl (C=O) groups is 2. The van der Waals surface area contributed by atoms with E-state index in [0.29, 0.717) is 59.2 Å². The van der Waals surface area contributed by atoms with Gasteiger partial charge in [0.1, 0.15) is 0 Å². The molecule has 0 unspecified atom stereocenters. The Morgan fingerprint density at radius 3 is 1.83 bits per heavy atom. The monoisotopic (exact) mass is 329 g/mol. The highest BCUT2D eigenvalue weighted by atomic mass is 16.5. The second kappa shape index (κ2) is 16.6. The molecule has 0 radical (unpaired) electrons. The number of urea groups is 1. The Morgan fingerprint density at radius 1 is 0.870 bits per heavy atom. The first-order chi connectivity index (χ1) is 11.2. The van der Waals surface area contributed by atoms with E-state index in [9.17, 15) is 9.59 Å². The van der Waals surface area contributed by atoms with E-state index in [1.165, 1.54) is 6.08 Å². The first-order valence-corrected chi connectivity index (χ1v) is 7.58. The maximum Gasteiger partial charge on any atom is 0.340 e. The predicted octanol–water partition coefficient (Wildman–Crippen LogP) is 0.529. The van der Waals surface area contributed by atoms with E-state index >= 15 is 0 Å². The van der Waals surface area contributed by atoms with E-state index in [1.54, 1.807) is 0 Å². The van der Waals surface area contributed by atoms with Crippen LogP contribution in [0.1, 0.15) is 12.8 Å². The van der Waals surface area contributed by atoms with E-state index in [-0.39, 0.29) is 5.91 Å². The molecule has 0 spiro atoms. The lowest BCUT2D eigenvalue weighted by atomic mass is 10.4. The van der Waals surface area contributed by atoms with E-state index < -0.39 is 6.03 Å². The number of hydrogen-bond acceptors (Lipinski definition) is 5. The van der Waals surface area contributed by atoms with Crippen molar-refractivity contribution in [2.75, 3.05) is 52.7 Å². The van der Waals surface area contributed by atoms with Gasteiger partial charge in [0, 0.05) is 26.3 Å². The molecule has 0 saturated heterocycles. The van der Waals surface area contributed by atoms with Crippen LogP contribution in [0.25, 0.3) is 0 Å². The van der Waals surface area contributed by atoms with Gasteiger partial charge in [-0.25, -0.2) is 9.79 Å². The zero-order chi connectivity index (χ0) is 17.2. The van der Waals surface area contributed by atoms with Gasteiger partial charge in [-0.1, -0.05) is 6.58 Å². The van der Waals surface area contributed by atoms with Crippen molar-refractivity contribution in [3.8, 4) is 0 Å². The summed E-state index contributed by atoms with van der Waals surface area (Å²) in [5.74, 6) is -0.173. The molecule has 3 amide bonds. The van der Waals surface area contributed by atoms with Crippen LogP contribution in [0.15, 0.2) is 17.6 Å². The fourth-order valence-corrected chi connectivity index (χ4v) is 1.43. The fourth-order valence-electron chi connectivity index (χ4n) is 1.43. The number of amides is 3. The lowest BCUT2D eigenvalue weighted by Gasteiger charge is -2.07. The van der Waals surface area contributed by atoms with Crippen LogP contribution in [0.5, 0.6) is 0 Å². The molecule has 0 atom stereocenters. The molecule has 0 aromatic rings. The molecule has 8 heteroatoms. The highest BCUT2D eigenvalue weighted by Crippen LogP contribution is 1.86. The molecule has 2 N–H and O–H groups in total. The summed E-state index contributed by atoms with van der Waals surface area (Å²) >= 11 is 0. The summed E-state index contributed by atoms with van der Waals surface area (Å²) in [5.41, 5.74) is 0. The molecule has 0 saturated carbocycles. The number of aliphatic imine (C=N–C) groups is 1. The second-order valence-electron chi connectivity index (χ2n) is 4.43. The zero-order valence-corrected chi connectivity index (χ0v) is 13.6. The van der Waals surface area contributed by atoms with E-state index in [4.69, 9.17) is 14.2 Å². The molecule has 0 aliphatic rings. The molecule has 0 heterocycles. The average molecular weight is 329 g/mol. The summed E-state index contributed by atoms with van der Waals surface area (Å²) in [6, 6.07) is -0.420. The molecule has 0 aromatic heterocycles. The van der Waals surface area contributed by atoms with Gasteiger partial charge in [0.2, 0.25) is 5.91 Å². The Bertz CT molecular complexity index is 318. The maximum absolute atomic E-state index is 10.8. The van der Waals surface area contributed by atoms with Crippen molar-refractivity contribution >= 4 is 18.7 Å². The highest BCUT2D eigenvalue weighted by Gasteiger charge is 1.96. The van der Waals surface area contributed by atoms with Gasteiger partial charge in [0.25, 0.3) is 0 Å². The molecule has 0 aliphatic carbocycles. The van der Waals surface area contributed by atoms with Crippen LogP contribution in [0, 0.1) is 0 Å². The van der Waals surface area contributed by atoms with Crippen molar-refractivity contribution in [3.05, 3.63) is 12.7 Å². The minimum Gasteiger partial charge on any atom is -0.379 e. The molecule has 8 nitrogen and oxygen atoms in total. The van der Waals surface area contributed by atoms with Gasteiger partial charge in [-0.15, -0.1) is 0 Å². The molecular formula is C15H27N3O5. The lowest BCUT2D eigenvalue weighted by molar-refractivity contribution is -0.116. The first-order valence-electron chi connectivity index (χ1n) is 7.58. The van der Waals surface area contributed by atoms with Crippen molar-refractivity contribution < 1.29 is 23.8 Å². The van der Waals surface area contributed by atoms with Gasteiger partial charge < -0.3 is 24.8 Å². The lowest BCUT2D eigenvalue weighted by Crippen LogP contribution is -2.23. The van der Waals surface area contributed by atoms with Gasteiger partial charge >= 0.3 is 6.03 Å². The van der Waals surface area contributed by atoms with Crippen LogP contribution < -0.4 is 10.6 Å². The molecule has 0 bridgehead atoms. The number of rotatable bonds is 15. The van der Waals surface area contributed by atoms with E-state index in [1.807, 2.05) is 0 Å². The molecule has 23 heavy (non-hydrogen) atoms. The summed E-state index contributed by atoms with van der Waals surface area (Å²) in [4.78, 5) is 24.8. The molecule has 0 aromatic carbocycles. The smallest absolute Gasteiger partial charge is 0.340 e. The van der Waals surface area contributed by atoms with Crippen molar-refractivity contribution in [1.82, 2.24) is 10.6 Å². The number of nitrogens with zero attached hydrogens (tertiary/aromatic N) is 1. The zero-order valence-electron chi connectivity index (χ0n) is 13.6. The summed E-state index contributed by atoms with van der Waals surface area (Å²) in [6.07, 6.45) is 2.71. The maximum atomic E-state index is 10.8. The third-order valence-corrected chi connectivity index (χ3v) is 2.58. The number of nitrogens with one attached hydrogen (secondary N) is 2. The summed E-state index contributed by atoms with van der Waals surface area (Å²) in [5, 5.41) is 5.22. The number of hydrogen-bond donors (Lipinski definition) is 2. The van der Waals surface area contributed by atoms with Crippen LogP contribution >= 0.6 is 0 Å². The fraction of sp³-hybridized carbons (Fsp3) is 0.667. The van der Waals surface area contributed by atoms with Crippen LogP contribution in [-0.4, -0.2) is 71.4 Å². The van der Waals surface area contributed by atoms with Crippen LogP contribution in [0.2, 0.25) is 0 Å². The number of carbonyl (C=O) groups excluding carboxylic acids is 2. The Hall–Kier alpha value is -1.77. The minimum atomic E-state index is -0.420. The van der Waals surface area contributed by atoms with Crippen molar-refractivity contribution in [2.24, 2.45) is 4.99 Å². The first kappa shape index (κ1) is 21.2. The third kappa shape index (κ3) is 16.4. The normalized spacial score (nSPS) is 10.1. The molecule has 0 fully saturated rings. The Morgan fingerprint density at radius 2 is 1.35 bits per heavy atom. The minimum absolute atomic E-state index is 0.173. The molecule has 0 rings (SSSR count). The topological polar surface area (TPSA) is 98.3 Å². The van der Waals surface area contributed by atoms with Gasteiger partial charge in [-0.3, -0.25) is 4.79 Å². The second-order valence-corrected chi connectivity index (χ2v) is 4.43. The van der Waals surface area contributed by atoms with Crippen molar-refractivity contribution in [2.45, 2.75) is 12.8 Å². The molecule has 0 aliphatic heterocycles. The highest BCUT2D eigenvalue weighted by molar-refractivity contribution is 5.86. The summed E-state index contributed by atoms with van der Waals surface area (Å²) < 4.78 is 16.0. The Kier molecular flexibility index (Phi) is 15.3. The molecular weight excluding hydrogens is 302 g/mol. The van der Waals surface area contributed by atoms with Crippen molar-refractivity contribution in [1.29, 1.82) is 0 Å². The largest absolute Gasteiger partial charge is 0.379 e. The van der Waals surface area contributed by atoms with Gasteiger partial charge in [-0.2, -0.15) is 0 Å². The standard InChI is InChI=1S/C15H27N3O5/c1-3-14(19)17-6-4-8-21-10-12-23-13-11-22-9-5-7-18-15(20)16-2/h3H,1-2,4-13H2,(H,17,19)(H,18,20). The molecule has 132 valence electrons. The Labute approximate surface area is 137 Å². The van der Waals surface area contributed by atoms with Crippen molar-refractivity contribution in [3.63, 3.8) is 0 Å². The van der Waals surface area contributed by atoms with E-state index in [0.717, 1.165) is 6.42 Å². The average Bonchev–Trinajstić information content (AvgIpc) is 2.57.